The van der Waals surface area contributed by atoms with Gasteiger partial charge < -0.3 is 20.5 Å². The van der Waals surface area contributed by atoms with Crippen LogP contribution in [-0.2, 0) is 16.8 Å². The highest BCUT2D eigenvalue weighted by Gasteiger charge is 2.46. The average Bonchev–Trinajstić information content (AvgIpc) is 3.62. The van der Waals surface area contributed by atoms with Gasteiger partial charge in [-0.15, -0.1) is 0 Å². The normalized spacial score (nSPS) is 15.8. The van der Waals surface area contributed by atoms with Crippen molar-refractivity contribution < 1.29 is 23.4 Å². The van der Waals surface area contributed by atoms with Gasteiger partial charge in [-0.2, -0.15) is 0 Å². The van der Waals surface area contributed by atoms with Crippen molar-refractivity contribution in [2.45, 2.75) is 43.9 Å². The zero-order valence-electron chi connectivity index (χ0n) is 19.9. The van der Waals surface area contributed by atoms with Gasteiger partial charge in [-0.25, -0.2) is 8.78 Å². The summed E-state index contributed by atoms with van der Waals surface area (Å²) in [6.45, 7) is 1.53. The Balaban J connectivity index is 1.52. The van der Waals surface area contributed by atoms with Crippen molar-refractivity contribution in [1.29, 1.82) is 0 Å². The van der Waals surface area contributed by atoms with Crippen LogP contribution in [-0.4, -0.2) is 36.8 Å². The number of amides is 1. The second-order valence-electron chi connectivity index (χ2n) is 9.07. The van der Waals surface area contributed by atoms with Gasteiger partial charge in [-0.3, -0.25) is 4.79 Å². The third-order valence-electron chi connectivity index (χ3n) is 6.45. The molecule has 0 aromatic heterocycles. The lowest BCUT2D eigenvalue weighted by atomic mass is 9.95. The Labute approximate surface area is 204 Å². The van der Waals surface area contributed by atoms with Crippen LogP contribution in [0.15, 0.2) is 66.7 Å². The molecule has 0 heterocycles. The first kappa shape index (κ1) is 24.8. The molecule has 3 N–H and O–H groups in total. The highest BCUT2D eigenvalue weighted by molar-refractivity contribution is 5.74. The standard InChI is InChI=1S/C28H30F2N2O3/c1-18(33)32-25(15-19-13-21(29)16-22(30)14-19)26(34)17-31-28(11-12-28)24-10-6-9-23(27(24)35-2)20-7-4-3-5-8-20/h3-10,13-14,16,25-26,31,34H,11-12,15,17H2,1-2H3,(H,32,33)/t25-,26+/m0/s1. The summed E-state index contributed by atoms with van der Waals surface area (Å²) in [5.74, 6) is -0.941. The average molecular weight is 481 g/mol. The van der Waals surface area contributed by atoms with Crippen LogP contribution in [0.3, 0.4) is 0 Å². The molecule has 35 heavy (non-hydrogen) atoms. The van der Waals surface area contributed by atoms with Crippen LogP contribution in [0.5, 0.6) is 5.75 Å². The Bertz CT molecular complexity index is 1160. The molecule has 184 valence electrons. The first-order valence-electron chi connectivity index (χ1n) is 11.7. The molecular formula is C28H30F2N2O3. The van der Waals surface area contributed by atoms with Crippen LogP contribution in [0, 0.1) is 11.6 Å². The van der Waals surface area contributed by atoms with Gasteiger partial charge in [0.15, 0.2) is 0 Å². The van der Waals surface area contributed by atoms with Crippen molar-refractivity contribution >= 4 is 5.91 Å². The summed E-state index contributed by atoms with van der Waals surface area (Å²) >= 11 is 0. The summed E-state index contributed by atoms with van der Waals surface area (Å²) in [4.78, 5) is 11.8. The van der Waals surface area contributed by atoms with Gasteiger partial charge in [0.2, 0.25) is 5.91 Å². The van der Waals surface area contributed by atoms with Crippen LogP contribution in [0.2, 0.25) is 0 Å². The molecule has 1 aliphatic rings. The van der Waals surface area contributed by atoms with Crippen molar-refractivity contribution in [2.75, 3.05) is 13.7 Å². The maximum atomic E-state index is 13.7. The minimum absolute atomic E-state index is 0.0942. The van der Waals surface area contributed by atoms with Gasteiger partial charge in [0.25, 0.3) is 0 Å². The van der Waals surface area contributed by atoms with Crippen molar-refractivity contribution in [3.8, 4) is 16.9 Å². The highest BCUT2D eigenvalue weighted by atomic mass is 19.1. The quantitative estimate of drug-likeness (QED) is 0.404. The first-order valence-corrected chi connectivity index (χ1v) is 11.7. The Morgan fingerprint density at radius 1 is 1.06 bits per heavy atom. The summed E-state index contributed by atoms with van der Waals surface area (Å²) in [5.41, 5.74) is 3.05. The molecule has 0 unspecified atom stereocenters. The van der Waals surface area contributed by atoms with Crippen molar-refractivity contribution in [2.24, 2.45) is 0 Å². The predicted molar refractivity (Wildman–Crippen MR) is 131 cm³/mol. The fourth-order valence-electron chi connectivity index (χ4n) is 4.61. The molecule has 5 nitrogen and oxygen atoms in total. The SMILES string of the molecule is COc1c(-c2ccccc2)cccc1C1(NC[C@@H](O)[C@H](Cc2cc(F)cc(F)c2)NC(C)=O)CC1. The van der Waals surface area contributed by atoms with E-state index in [1.165, 1.54) is 19.1 Å². The fourth-order valence-corrected chi connectivity index (χ4v) is 4.61. The van der Waals surface area contributed by atoms with E-state index in [4.69, 9.17) is 4.74 Å². The molecule has 2 atom stereocenters. The topological polar surface area (TPSA) is 70.6 Å². The second-order valence-corrected chi connectivity index (χ2v) is 9.07. The zero-order valence-corrected chi connectivity index (χ0v) is 19.9. The van der Waals surface area contributed by atoms with Gasteiger partial charge in [0, 0.05) is 36.2 Å². The molecule has 0 saturated heterocycles. The lowest BCUT2D eigenvalue weighted by molar-refractivity contribution is -0.120. The van der Waals surface area contributed by atoms with Gasteiger partial charge in [0.1, 0.15) is 17.4 Å². The number of ether oxygens (including phenoxy) is 1. The van der Waals surface area contributed by atoms with Gasteiger partial charge in [0.05, 0.1) is 19.3 Å². The van der Waals surface area contributed by atoms with Crippen LogP contribution >= 0.6 is 0 Å². The van der Waals surface area contributed by atoms with Crippen molar-refractivity contribution in [1.82, 2.24) is 10.6 Å². The van der Waals surface area contributed by atoms with Gasteiger partial charge >= 0.3 is 0 Å². The van der Waals surface area contributed by atoms with E-state index >= 15 is 0 Å². The molecule has 0 bridgehead atoms. The van der Waals surface area contributed by atoms with Crippen molar-refractivity contribution in [3.05, 3.63) is 89.5 Å². The number of carbonyl (C=O) groups is 1. The maximum Gasteiger partial charge on any atom is 0.217 e. The summed E-state index contributed by atoms with van der Waals surface area (Å²) in [5, 5.41) is 17.1. The number of nitrogens with one attached hydrogen (secondary N) is 2. The molecule has 0 radical (unpaired) electrons. The molecule has 4 rings (SSSR count). The minimum atomic E-state index is -0.981. The number of para-hydroxylation sites is 1. The number of benzene rings is 3. The Morgan fingerprint density at radius 2 is 1.74 bits per heavy atom. The number of hydrogen-bond donors (Lipinski definition) is 3. The fraction of sp³-hybridized carbons (Fsp3) is 0.321. The minimum Gasteiger partial charge on any atom is -0.496 e. The maximum absolute atomic E-state index is 13.7. The van der Waals surface area contributed by atoms with E-state index in [1.807, 2.05) is 48.5 Å². The van der Waals surface area contributed by atoms with E-state index in [-0.39, 0.29) is 24.4 Å². The summed E-state index contributed by atoms with van der Waals surface area (Å²) in [7, 11) is 1.65. The monoisotopic (exact) mass is 480 g/mol. The van der Waals surface area contributed by atoms with E-state index in [1.54, 1.807) is 7.11 Å². The number of carbonyl (C=O) groups excluding carboxylic acids is 1. The molecule has 1 amide bonds. The smallest absolute Gasteiger partial charge is 0.217 e. The molecule has 0 aliphatic heterocycles. The number of aliphatic hydroxyl groups excluding tert-OH is 1. The summed E-state index contributed by atoms with van der Waals surface area (Å²) < 4.78 is 33.1. The summed E-state index contributed by atoms with van der Waals surface area (Å²) in [6, 6.07) is 18.5. The first-order chi connectivity index (χ1) is 16.8. The van der Waals surface area contributed by atoms with Gasteiger partial charge in [-0.1, -0.05) is 48.5 Å². The third kappa shape index (κ3) is 5.86. The van der Waals surface area contributed by atoms with Crippen LogP contribution in [0.1, 0.15) is 30.9 Å². The number of halogens is 2. The second kappa shape index (κ2) is 10.5. The lowest BCUT2D eigenvalue weighted by Crippen LogP contribution is -2.49. The van der Waals surface area contributed by atoms with Crippen LogP contribution in [0.4, 0.5) is 8.78 Å². The predicted octanol–water partition coefficient (Wildman–Crippen LogP) is 4.33. The Hall–Kier alpha value is -3.29. The number of aliphatic hydroxyl groups is 1. The molecule has 1 saturated carbocycles. The molecular weight excluding hydrogens is 450 g/mol. The molecule has 7 heteroatoms. The van der Waals surface area contributed by atoms with Crippen LogP contribution in [0.25, 0.3) is 11.1 Å². The lowest BCUT2D eigenvalue weighted by Gasteiger charge is -2.28. The zero-order chi connectivity index (χ0) is 25.0. The van der Waals surface area contributed by atoms with E-state index in [9.17, 15) is 18.7 Å². The largest absolute Gasteiger partial charge is 0.496 e. The van der Waals surface area contributed by atoms with Gasteiger partial charge in [-0.05, 0) is 42.5 Å². The molecule has 3 aromatic rings. The highest BCUT2D eigenvalue weighted by Crippen LogP contribution is 2.51. The van der Waals surface area contributed by atoms with E-state index in [0.717, 1.165) is 41.3 Å². The number of rotatable bonds is 10. The number of methoxy groups -OCH3 is 1. The van der Waals surface area contributed by atoms with Crippen LogP contribution < -0.4 is 15.4 Å². The molecule has 1 fully saturated rings. The van der Waals surface area contributed by atoms with E-state index in [0.29, 0.717) is 5.56 Å². The number of hydrogen-bond acceptors (Lipinski definition) is 4. The third-order valence-corrected chi connectivity index (χ3v) is 6.45. The molecule has 3 aromatic carbocycles. The molecule has 1 aliphatic carbocycles. The van der Waals surface area contributed by atoms with E-state index in [2.05, 4.69) is 10.6 Å². The van der Waals surface area contributed by atoms with Crippen molar-refractivity contribution in [3.63, 3.8) is 0 Å². The Kier molecular flexibility index (Phi) is 7.48. The Morgan fingerprint density at radius 3 is 2.34 bits per heavy atom. The molecule has 0 spiro atoms. The van der Waals surface area contributed by atoms with E-state index < -0.39 is 23.8 Å². The summed E-state index contributed by atoms with van der Waals surface area (Å²) in [6.07, 6.45) is 0.852.